The first-order chi connectivity index (χ1) is 9.79. The van der Waals surface area contributed by atoms with E-state index >= 15 is 0 Å². The number of hydrogen-bond donors (Lipinski definition) is 5. The van der Waals surface area contributed by atoms with Crippen LogP contribution in [-0.4, -0.2) is 88.0 Å². The summed E-state index contributed by atoms with van der Waals surface area (Å²) >= 11 is 0. The quantitative estimate of drug-likeness (QED) is 0.416. The number of carboxylic acids is 1. The molecule has 0 unspecified atom stereocenters. The molecule has 1 rings (SSSR count). The second-order valence-corrected chi connectivity index (χ2v) is 4.99. The number of nitrogens with zero attached hydrogens (tertiary/aromatic N) is 1. The van der Waals surface area contributed by atoms with Crippen LogP contribution in [0.4, 0.5) is 0 Å². The summed E-state index contributed by atoms with van der Waals surface area (Å²) in [5.41, 5.74) is 0. The predicted molar refractivity (Wildman–Crippen MR) is 80.2 cm³/mol. The fraction of sp³-hybridized carbons (Fsp3) is 0.923. The molecule has 1 heterocycles. The Morgan fingerprint density at radius 3 is 1.60 bits per heavy atom. The average Bonchev–Trinajstić information content (AvgIpc) is 2.44. The van der Waals surface area contributed by atoms with E-state index in [-0.39, 0.29) is 6.42 Å². The number of carbonyl (C=O) groups is 1. The molecule has 118 valence electrons. The second-order valence-electron chi connectivity index (χ2n) is 4.99. The summed E-state index contributed by atoms with van der Waals surface area (Å²) in [7, 11) is 0. The van der Waals surface area contributed by atoms with Crippen molar-refractivity contribution in [3.63, 3.8) is 0 Å². The highest BCUT2D eigenvalue weighted by molar-refractivity contribution is 5.66. The van der Waals surface area contributed by atoms with E-state index < -0.39 is 5.97 Å². The highest BCUT2D eigenvalue weighted by Gasteiger charge is 2.07. The minimum Gasteiger partial charge on any atom is -0.481 e. The zero-order valence-electron chi connectivity index (χ0n) is 12.3. The maximum Gasteiger partial charge on any atom is 0.304 e. The van der Waals surface area contributed by atoms with Gasteiger partial charge in [-0.1, -0.05) is 0 Å². The summed E-state index contributed by atoms with van der Waals surface area (Å²) in [6, 6.07) is 0. The van der Waals surface area contributed by atoms with Gasteiger partial charge in [0.15, 0.2) is 0 Å². The summed E-state index contributed by atoms with van der Waals surface area (Å²) in [5.74, 6) is -0.727. The van der Waals surface area contributed by atoms with Crippen molar-refractivity contribution in [2.24, 2.45) is 0 Å². The van der Waals surface area contributed by atoms with Crippen LogP contribution >= 0.6 is 0 Å². The Balaban J connectivity index is 2.26. The molecule has 7 heteroatoms. The van der Waals surface area contributed by atoms with Gasteiger partial charge in [-0.15, -0.1) is 0 Å². The molecule has 0 bridgehead atoms. The van der Waals surface area contributed by atoms with Gasteiger partial charge in [0, 0.05) is 72.0 Å². The van der Waals surface area contributed by atoms with Crippen LogP contribution in [0.25, 0.3) is 0 Å². The first kappa shape index (κ1) is 17.3. The molecule has 0 atom stereocenters. The standard InChI is InChI=1S/C13H29N5O2/c19-13(20)1-10-18-11-8-16-6-4-14-2-3-15-5-7-17-9-12-18/h14-17H,1-12H2,(H,19,20). The van der Waals surface area contributed by atoms with Crippen molar-refractivity contribution in [1.29, 1.82) is 0 Å². The average molecular weight is 287 g/mol. The van der Waals surface area contributed by atoms with Crippen LogP contribution in [0.15, 0.2) is 0 Å². The minimum atomic E-state index is -0.727. The Labute approximate surface area is 121 Å². The van der Waals surface area contributed by atoms with Gasteiger partial charge in [-0.25, -0.2) is 0 Å². The molecule has 0 aliphatic carbocycles. The van der Waals surface area contributed by atoms with Crippen molar-refractivity contribution < 1.29 is 9.90 Å². The molecule has 20 heavy (non-hydrogen) atoms. The smallest absolute Gasteiger partial charge is 0.304 e. The number of rotatable bonds is 3. The zero-order valence-corrected chi connectivity index (χ0v) is 12.3. The summed E-state index contributed by atoms with van der Waals surface area (Å²) < 4.78 is 0. The van der Waals surface area contributed by atoms with Crippen LogP contribution < -0.4 is 21.3 Å². The number of nitrogens with one attached hydrogen (secondary N) is 4. The molecule has 1 saturated heterocycles. The van der Waals surface area contributed by atoms with Crippen LogP contribution in [0.5, 0.6) is 0 Å². The lowest BCUT2D eigenvalue weighted by Crippen LogP contribution is -2.39. The van der Waals surface area contributed by atoms with Crippen molar-refractivity contribution >= 4 is 5.97 Å². The molecule has 0 radical (unpaired) electrons. The van der Waals surface area contributed by atoms with E-state index in [2.05, 4.69) is 26.2 Å². The minimum absolute atomic E-state index is 0.211. The van der Waals surface area contributed by atoms with Gasteiger partial charge in [0.2, 0.25) is 0 Å². The van der Waals surface area contributed by atoms with E-state index in [1.165, 1.54) is 0 Å². The van der Waals surface area contributed by atoms with Gasteiger partial charge in [-0.2, -0.15) is 0 Å². The Kier molecular flexibility index (Phi) is 10.4. The van der Waals surface area contributed by atoms with Crippen LogP contribution in [0.1, 0.15) is 6.42 Å². The first-order valence-electron chi connectivity index (χ1n) is 7.56. The van der Waals surface area contributed by atoms with E-state index in [0.29, 0.717) is 6.54 Å². The van der Waals surface area contributed by atoms with Gasteiger partial charge in [0.05, 0.1) is 6.42 Å². The third-order valence-corrected chi connectivity index (χ3v) is 3.29. The van der Waals surface area contributed by atoms with Gasteiger partial charge in [0.25, 0.3) is 0 Å². The van der Waals surface area contributed by atoms with Crippen molar-refractivity contribution in [1.82, 2.24) is 26.2 Å². The highest BCUT2D eigenvalue weighted by atomic mass is 16.4. The molecule has 1 aliphatic heterocycles. The molecule has 0 aromatic rings. The number of carboxylic acid groups (broad SMARTS) is 1. The van der Waals surface area contributed by atoms with E-state index in [0.717, 1.165) is 65.4 Å². The maximum atomic E-state index is 10.7. The van der Waals surface area contributed by atoms with Crippen LogP contribution in [0.3, 0.4) is 0 Å². The van der Waals surface area contributed by atoms with Crippen molar-refractivity contribution in [2.75, 3.05) is 72.0 Å². The van der Waals surface area contributed by atoms with Crippen LogP contribution in [0.2, 0.25) is 0 Å². The summed E-state index contributed by atoms with van der Waals surface area (Å²) in [6.07, 6.45) is 0.211. The molecule has 0 saturated carbocycles. The Morgan fingerprint density at radius 1 is 0.800 bits per heavy atom. The lowest BCUT2D eigenvalue weighted by molar-refractivity contribution is -0.137. The molecule has 5 N–H and O–H groups in total. The van der Waals surface area contributed by atoms with Crippen molar-refractivity contribution in [2.45, 2.75) is 6.42 Å². The van der Waals surface area contributed by atoms with Crippen LogP contribution in [-0.2, 0) is 4.79 Å². The maximum absolute atomic E-state index is 10.7. The molecule has 0 aromatic heterocycles. The molecule has 7 nitrogen and oxygen atoms in total. The van der Waals surface area contributed by atoms with E-state index in [1.54, 1.807) is 0 Å². The third-order valence-electron chi connectivity index (χ3n) is 3.29. The lowest BCUT2D eigenvalue weighted by atomic mass is 10.3. The molecule has 0 spiro atoms. The first-order valence-corrected chi connectivity index (χ1v) is 7.56. The van der Waals surface area contributed by atoms with Crippen molar-refractivity contribution in [3.8, 4) is 0 Å². The largest absolute Gasteiger partial charge is 0.481 e. The van der Waals surface area contributed by atoms with Crippen molar-refractivity contribution in [3.05, 3.63) is 0 Å². The van der Waals surface area contributed by atoms with E-state index in [1.807, 2.05) is 0 Å². The molecular weight excluding hydrogens is 258 g/mol. The summed E-state index contributed by atoms with van der Waals surface area (Å²) in [6.45, 7) is 10.0. The van der Waals surface area contributed by atoms with Gasteiger partial charge in [-0.05, 0) is 0 Å². The number of hydrogen-bond acceptors (Lipinski definition) is 6. The lowest BCUT2D eigenvalue weighted by Gasteiger charge is -2.22. The van der Waals surface area contributed by atoms with E-state index in [9.17, 15) is 4.79 Å². The fourth-order valence-corrected chi connectivity index (χ4v) is 2.09. The molecule has 1 fully saturated rings. The summed E-state index contributed by atoms with van der Waals surface area (Å²) in [4.78, 5) is 12.9. The third kappa shape index (κ3) is 10.1. The Morgan fingerprint density at radius 2 is 1.20 bits per heavy atom. The van der Waals surface area contributed by atoms with E-state index in [4.69, 9.17) is 5.11 Å². The summed E-state index contributed by atoms with van der Waals surface area (Å²) in [5, 5.41) is 22.3. The molecular formula is C13H29N5O2. The molecule has 1 aliphatic rings. The van der Waals surface area contributed by atoms with Gasteiger partial charge in [0.1, 0.15) is 0 Å². The van der Waals surface area contributed by atoms with Gasteiger partial charge in [-0.3, -0.25) is 4.79 Å². The number of aliphatic carboxylic acids is 1. The Hall–Kier alpha value is -0.730. The molecule has 0 amide bonds. The highest BCUT2D eigenvalue weighted by Crippen LogP contribution is 1.91. The predicted octanol–water partition coefficient (Wildman–Crippen LogP) is -1.86. The molecule has 0 aromatic carbocycles. The normalized spacial score (nSPS) is 21.8. The monoisotopic (exact) mass is 287 g/mol. The Bertz CT molecular complexity index is 237. The SMILES string of the molecule is O=C(O)CCN1CCNCCNCCNCCNCC1. The topological polar surface area (TPSA) is 88.7 Å². The van der Waals surface area contributed by atoms with Crippen LogP contribution in [0, 0.1) is 0 Å². The fourth-order valence-electron chi connectivity index (χ4n) is 2.09. The second kappa shape index (κ2) is 12.0. The van der Waals surface area contributed by atoms with Gasteiger partial charge < -0.3 is 31.3 Å². The zero-order chi connectivity index (χ0) is 14.5. The van der Waals surface area contributed by atoms with Gasteiger partial charge >= 0.3 is 5.97 Å².